The smallest absolute Gasteiger partial charge is 0.148 e. The number of anilines is 2. The molecule has 0 unspecified atom stereocenters. The number of nitrogens with zero attached hydrogens (tertiary/aromatic N) is 6. The largest absolute Gasteiger partial charge is 0.492 e. The van der Waals surface area contributed by atoms with Crippen LogP contribution in [0.25, 0.3) is 21.8 Å². The van der Waals surface area contributed by atoms with Crippen LogP contribution < -0.4 is 24.2 Å². The first-order valence-electron chi connectivity index (χ1n) is 21.6. The fourth-order valence-electron chi connectivity index (χ4n) is 8.89. The lowest BCUT2D eigenvalue weighted by atomic mass is 10.00. The van der Waals surface area contributed by atoms with Gasteiger partial charge in [-0.05, 0) is 125 Å². The minimum absolute atomic E-state index is 0.190. The number of para-hydroxylation sites is 2. The first kappa shape index (κ1) is 41.9. The summed E-state index contributed by atoms with van der Waals surface area (Å²) in [6, 6.07) is 34.3. The highest BCUT2D eigenvalue weighted by molar-refractivity contribution is 6.33. The molecule has 4 aromatic carbocycles. The van der Waals surface area contributed by atoms with Gasteiger partial charge in [0.25, 0.3) is 0 Å². The molecular weight excluding hydrogens is 791 g/mol. The van der Waals surface area contributed by atoms with E-state index in [-0.39, 0.29) is 12.1 Å². The van der Waals surface area contributed by atoms with Gasteiger partial charge in [0.15, 0.2) is 0 Å². The lowest BCUT2D eigenvalue weighted by molar-refractivity contribution is 0.183. The normalized spacial score (nSPS) is 15.7. The van der Waals surface area contributed by atoms with Crippen LogP contribution in [0.1, 0.15) is 63.1 Å². The maximum absolute atomic E-state index is 6.69. The molecule has 2 aliphatic rings. The highest BCUT2D eigenvalue weighted by Crippen LogP contribution is 2.38. The highest BCUT2D eigenvalue weighted by Gasteiger charge is 2.37. The fourth-order valence-corrected chi connectivity index (χ4v) is 9.28. The van der Waals surface area contributed by atoms with Gasteiger partial charge < -0.3 is 14.2 Å². The molecule has 60 heavy (non-hydrogen) atoms. The molecule has 2 fully saturated rings. The van der Waals surface area contributed by atoms with Crippen LogP contribution in [-0.4, -0.2) is 77.9 Å². The molecule has 2 saturated heterocycles. The molecule has 0 N–H and O–H groups in total. The van der Waals surface area contributed by atoms with Crippen LogP contribution in [-0.2, 0) is 13.1 Å². The Morgan fingerprint density at radius 2 is 1.12 bits per heavy atom. The van der Waals surface area contributed by atoms with Crippen LogP contribution in [0.4, 0.5) is 11.6 Å². The van der Waals surface area contributed by atoms with Gasteiger partial charge in [-0.15, -0.1) is 0 Å². The Balaban J connectivity index is 1.11. The van der Waals surface area contributed by atoms with Crippen molar-refractivity contribution in [2.75, 3.05) is 56.0 Å². The number of ether oxygens (including phenoxy) is 3. The molecule has 8 rings (SSSR count). The van der Waals surface area contributed by atoms with Crippen molar-refractivity contribution in [2.24, 2.45) is 0 Å². The average molecular weight is 848 g/mol. The minimum Gasteiger partial charge on any atom is -0.492 e. The van der Waals surface area contributed by atoms with Gasteiger partial charge in [-0.3, -0.25) is 19.8 Å². The Bertz CT molecular complexity index is 2370. The van der Waals surface area contributed by atoms with Crippen LogP contribution in [0.5, 0.6) is 17.2 Å². The predicted octanol–water partition coefficient (Wildman–Crippen LogP) is 11.2. The zero-order valence-electron chi connectivity index (χ0n) is 35.2. The van der Waals surface area contributed by atoms with Crippen molar-refractivity contribution in [3.05, 3.63) is 124 Å². The van der Waals surface area contributed by atoms with E-state index in [0.29, 0.717) is 41.4 Å². The van der Waals surface area contributed by atoms with Gasteiger partial charge in [-0.25, -0.2) is 9.97 Å². The van der Waals surface area contributed by atoms with Crippen LogP contribution in [0.3, 0.4) is 0 Å². The molecular formula is C49H56Cl2N6O3. The molecule has 11 heteroatoms. The van der Waals surface area contributed by atoms with E-state index in [1.165, 1.54) is 16.5 Å². The van der Waals surface area contributed by atoms with E-state index in [9.17, 15) is 0 Å². The Morgan fingerprint density at radius 3 is 1.77 bits per heavy atom. The van der Waals surface area contributed by atoms with Gasteiger partial charge in [-0.1, -0.05) is 65.7 Å². The number of halogens is 2. The number of piperidine rings is 2. The molecule has 0 aliphatic carbocycles. The van der Waals surface area contributed by atoms with Crippen molar-refractivity contribution in [1.29, 1.82) is 0 Å². The minimum atomic E-state index is 0.190. The second-order valence-electron chi connectivity index (χ2n) is 15.9. The van der Waals surface area contributed by atoms with Crippen LogP contribution in [0, 0.1) is 6.92 Å². The second kappa shape index (κ2) is 19.3. The molecule has 4 heterocycles. The summed E-state index contributed by atoms with van der Waals surface area (Å²) in [7, 11) is 0. The summed E-state index contributed by atoms with van der Waals surface area (Å²) in [5.41, 5.74) is 5.55. The maximum Gasteiger partial charge on any atom is 0.148 e. The van der Waals surface area contributed by atoms with E-state index in [0.717, 1.165) is 104 Å². The zero-order chi connectivity index (χ0) is 41.6. The summed E-state index contributed by atoms with van der Waals surface area (Å²) < 4.78 is 17.7. The van der Waals surface area contributed by atoms with Gasteiger partial charge >= 0.3 is 0 Å². The van der Waals surface area contributed by atoms with E-state index in [2.05, 4.69) is 118 Å². The zero-order valence-corrected chi connectivity index (χ0v) is 36.8. The second-order valence-corrected chi connectivity index (χ2v) is 16.6. The molecule has 6 aromatic rings. The van der Waals surface area contributed by atoms with Gasteiger partial charge in [-0.2, -0.15) is 0 Å². The molecule has 9 nitrogen and oxygen atoms in total. The number of pyridine rings is 2. The lowest BCUT2D eigenvalue weighted by Crippen LogP contribution is -2.59. The first-order chi connectivity index (χ1) is 29.3. The standard InChI is InChI=1S/C49H56Cl2N6O3/c1-5-58-44-29-35(16-18-41(44)50)32-54-24-20-38(21-25-54)56(47-19-17-37-12-8-10-14-42(37)52-47)57(48-28-34(4)40-13-9-11-15-43(40)53-48)39-22-26-55(27-23-39)33-36-30-45(59-6-2)49(51)46(31-36)60-7-3/h8-19,28-31,38-39H,5-7,20-27,32-33H2,1-4H3. The van der Waals surface area contributed by atoms with E-state index >= 15 is 0 Å². The quantitative estimate of drug-likeness (QED) is 0.0940. The Hall–Kier alpha value is -4.80. The average Bonchev–Trinajstić information content (AvgIpc) is 3.26. The van der Waals surface area contributed by atoms with E-state index in [1.54, 1.807) is 0 Å². The van der Waals surface area contributed by atoms with Gasteiger partial charge in [0.05, 0.1) is 48.0 Å². The summed E-state index contributed by atoms with van der Waals surface area (Å²) in [6.07, 6.45) is 3.87. The third kappa shape index (κ3) is 9.40. The van der Waals surface area contributed by atoms with E-state index < -0.39 is 0 Å². The number of aryl methyl sites for hydroxylation is 1. The number of hydrogen-bond donors (Lipinski definition) is 0. The van der Waals surface area contributed by atoms with Crippen molar-refractivity contribution in [3.63, 3.8) is 0 Å². The number of likely N-dealkylation sites (tertiary alicyclic amines) is 2. The fraction of sp³-hybridized carbons (Fsp3) is 0.388. The highest BCUT2D eigenvalue weighted by atomic mass is 35.5. The molecule has 2 aromatic heterocycles. The van der Waals surface area contributed by atoms with Gasteiger partial charge in [0, 0.05) is 50.0 Å². The lowest BCUT2D eigenvalue weighted by Gasteiger charge is -2.49. The topological polar surface area (TPSA) is 66.4 Å². The summed E-state index contributed by atoms with van der Waals surface area (Å²) in [4.78, 5) is 15.9. The first-order valence-corrected chi connectivity index (χ1v) is 22.3. The summed E-state index contributed by atoms with van der Waals surface area (Å²) in [5.74, 6) is 4.01. The van der Waals surface area contributed by atoms with Gasteiger partial charge in [0.1, 0.15) is 33.9 Å². The number of benzene rings is 4. The van der Waals surface area contributed by atoms with E-state index in [4.69, 9.17) is 47.4 Å². The predicted molar refractivity (Wildman–Crippen MR) is 246 cm³/mol. The molecule has 0 spiro atoms. The molecule has 0 radical (unpaired) electrons. The Kier molecular flexibility index (Phi) is 13.5. The van der Waals surface area contributed by atoms with E-state index in [1.807, 2.05) is 26.8 Å². The molecule has 314 valence electrons. The number of aromatic nitrogens is 2. The van der Waals surface area contributed by atoms with Crippen LogP contribution >= 0.6 is 23.2 Å². The van der Waals surface area contributed by atoms with Crippen molar-refractivity contribution in [1.82, 2.24) is 19.8 Å². The third-order valence-electron chi connectivity index (χ3n) is 11.8. The third-order valence-corrected chi connectivity index (χ3v) is 12.5. The van der Waals surface area contributed by atoms with Crippen molar-refractivity contribution in [2.45, 2.75) is 78.6 Å². The SMILES string of the molecule is CCOc1cc(CN2CCC(N(c3ccc4ccccc4n3)N(c3cc(C)c4ccccc4n3)C3CCN(Cc4cc(OCC)c(Cl)c(OCC)c4)CC3)CC2)ccc1Cl. The molecule has 0 bridgehead atoms. The van der Waals surface area contributed by atoms with Crippen molar-refractivity contribution >= 4 is 56.6 Å². The monoisotopic (exact) mass is 846 g/mol. The number of fused-ring (bicyclic) bond motifs is 2. The Morgan fingerprint density at radius 1 is 0.583 bits per heavy atom. The number of hydrazine groups is 1. The molecule has 0 amide bonds. The van der Waals surface area contributed by atoms with Crippen LogP contribution in [0.15, 0.2) is 97.1 Å². The maximum atomic E-state index is 6.69. The van der Waals surface area contributed by atoms with Gasteiger partial charge in [0.2, 0.25) is 0 Å². The summed E-state index contributed by atoms with van der Waals surface area (Å²) in [6.45, 7) is 15.2. The molecule has 0 atom stereocenters. The van der Waals surface area contributed by atoms with Crippen molar-refractivity contribution in [3.8, 4) is 17.2 Å². The number of hydrogen-bond acceptors (Lipinski definition) is 9. The number of rotatable bonds is 15. The summed E-state index contributed by atoms with van der Waals surface area (Å²) in [5, 5.41) is 8.55. The molecule has 2 aliphatic heterocycles. The summed E-state index contributed by atoms with van der Waals surface area (Å²) >= 11 is 13.1. The molecule has 0 saturated carbocycles. The van der Waals surface area contributed by atoms with Crippen LogP contribution in [0.2, 0.25) is 10.0 Å². The van der Waals surface area contributed by atoms with Crippen molar-refractivity contribution < 1.29 is 14.2 Å². The Labute approximate surface area is 364 Å².